The molecule has 4 rings (SSSR count). The highest BCUT2D eigenvalue weighted by molar-refractivity contribution is 5.92. The number of anilines is 1. The van der Waals surface area contributed by atoms with Gasteiger partial charge in [0.15, 0.2) is 0 Å². The number of para-hydroxylation sites is 1. The molecule has 2 N–H and O–H groups in total. The number of aliphatic hydroxyl groups is 1. The molecule has 8 nitrogen and oxygen atoms in total. The van der Waals surface area contributed by atoms with Gasteiger partial charge in [0.05, 0.1) is 31.5 Å². The number of methoxy groups -OCH3 is 1. The molecule has 35 heavy (non-hydrogen) atoms. The van der Waals surface area contributed by atoms with Crippen LogP contribution in [-0.2, 0) is 29.0 Å². The van der Waals surface area contributed by atoms with Gasteiger partial charge < -0.3 is 20.1 Å². The number of hydrogen-bond acceptors (Lipinski definition) is 5. The van der Waals surface area contributed by atoms with E-state index in [4.69, 9.17) is 4.74 Å². The van der Waals surface area contributed by atoms with Crippen LogP contribution in [0.1, 0.15) is 24.0 Å². The highest BCUT2D eigenvalue weighted by Gasteiger charge is 2.27. The van der Waals surface area contributed by atoms with Gasteiger partial charge in [-0.05, 0) is 36.8 Å². The first-order chi connectivity index (χ1) is 17.0. The highest BCUT2D eigenvalue weighted by atomic mass is 16.5. The second-order valence-electron chi connectivity index (χ2n) is 8.94. The Bertz CT molecular complexity index is 1120. The van der Waals surface area contributed by atoms with Gasteiger partial charge in [0.2, 0.25) is 11.8 Å². The van der Waals surface area contributed by atoms with Gasteiger partial charge in [-0.25, -0.2) is 0 Å². The van der Waals surface area contributed by atoms with Gasteiger partial charge in [-0.3, -0.25) is 14.3 Å². The second kappa shape index (κ2) is 11.7. The number of carbonyl (C=O) groups is 2. The number of aliphatic hydroxyl groups excluding tert-OH is 1. The molecule has 0 unspecified atom stereocenters. The van der Waals surface area contributed by atoms with Crippen molar-refractivity contribution < 1.29 is 19.4 Å². The van der Waals surface area contributed by atoms with Crippen molar-refractivity contribution in [2.45, 2.75) is 38.3 Å². The van der Waals surface area contributed by atoms with Crippen LogP contribution in [0.4, 0.5) is 5.69 Å². The Hall–Kier alpha value is -3.65. The fraction of sp³-hybridized carbons (Fsp3) is 0.370. The van der Waals surface area contributed by atoms with Crippen LogP contribution >= 0.6 is 0 Å². The Morgan fingerprint density at radius 3 is 2.57 bits per heavy atom. The molecule has 2 aromatic carbocycles. The summed E-state index contributed by atoms with van der Waals surface area (Å²) < 4.78 is 6.83. The number of rotatable bonds is 9. The Kier molecular flexibility index (Phi) is 8.15. The monoisotopic (exact) mass is 476 g/mol. The minimum Gasteiger partial charge on any atom is -0.496 e. The van der Waals surface area contributed by atoms with Crippen LogP contribution in [0.5, 0.6) is 5.75 Å². The topological polar surface area (TPSA) is 96.7 Å². The number of nitrogens with zero attached hydrogens (tertiary/aromatic N) is 3. The molecule has 184 valence electrons. The fourth-order valence-corrected chi connectivity index (χ4v) is 4.54. The van der Waals surface area contributed by atoms with E-state index in [1.54, 1.807) is 19.5 Å². The van der Waals surface area contributed by atoms with Crippen LogP contribution in [0.3, 0.4) is 0 Å². The predicted octanol–water partition coefficient (Wildman–Crippen LogP) is 2.92. The Balaban J connectivity index is 1.23. The summed E-state index contributed by atoms with van der Waals surface area (Å²) in [5.41, 5.74) is 2.47. The van der Waals surface area contributed by atoms with Crippen molar-refractivity contribution in [3.8, 4) is 5.75 Å². The summed E-state index contributed by atoms with van der Waals surface area (Å²) in [6.45, 7) is 1.36. The molecule has 1 aromatic heterocycles. The summed E-state index contributed by atoms with van der Waals surface area (Å²) >= 11 is 0. The van der Waals surface area contributed by atoms with E-state index in [1.807, 2.05) is 59.5 Å². The quantitative estimate of drug-likeness (QED) is 0.495. The molecule has 0 saturated carbocycles. The maximum Gasteiger partial charge on any atom is 0.244 e. The summed E-state index contributed by atoms with van der Waals surface area (Å²) in [6.07, 6.45) is 5.18. The smallest absolute Gasteiger partial charge is 0.244 e. The molecule has 1 aliphatic heterocycles. The first kappa shape index (κ1) is 24.5. The number of carbonyl (C=O) groups excluding carboxylic acids is 2. The molecule has 2 heterocycles. The van der Waals surface area contributed by atoms with Crippen molar-refractivity contribution in [2.24, 2.45) is 5.92 Å². The normalized spacial score (nSPS) is 15.0. The van der Waals surface area contributed by atoms with Crippen LogP contribution in [0, 0.1) is 5.92 Å². The van der Waals surface area contributed by atoms with Crippen molar-refractivity contribution in [1.29, 1.82) is 0 Å². The van der Waals surface area contributed by atoms with Crippen LogP contribution in [0.25, 0.3) is 0 Å². The highest BCUT2D eigenvalue weighted by Crippen LogP contribution is 2.23. The first-order valence-electron chi connectivity index (χ1n) is 12.0. The number of amides is 2. The lowest BCUT2D eigenvalue weighted by Gasteiger charge is -2.34. The largest absolute Gasteiger partial charge is 0.496 e. The molecular weight excluding hydrogens is 444 g/mol. The third-order valence-corrected chi connectivity index (χ3v) is 6.48. The average molecular weight is 477 g/mol. The molecule has 0 bridgehead atoms. The number of ether oxygens (including phenoxy) is 1. The molecule has 1 aliphatic rings. The van der Waals surface area contributed by atoms with Gasteiger partial charge >= 0.3 is 0 Å². The number of piperidine rings is 1. The van der Waals surface area contributed by atoms with Gasteiger partial charge in [-0.15, -0.1) is 0 Å². The zero-order chi connectivity index (χ0) is 24.6. The molecule has 0 radical (unpaired) electrons. The second-order valence-corrected chi connectivity index (χ2v) is 8.94. The Morgan fingerprint density at radius 2 is 1.83 bits per heavy atom. The Labute approximate surface area is 205 Å². The molecule has 8 heteroatoms. The predicted molar refractivity (Wildman–Crippen MR) is 133 cm³/mol. The molecule has 0 aliphatic carbocycles. The number of likely N-dealkylation sites (tertiary alicyclic amines) is 1. The standard InChI is InChI=1S/C27H32N4O4/c1-35-25-10-6-5-9-22(25)16-26(33)29-23-17-28-31(18-23)19-27(34)30-13-11-21(12-14-30)24(32)15-20-7-3-2-4-8-20/h2-10,17-18,21,24,32H,11-16,19H2,1H3,(H,29,33)/t24-/m0/s1. The van der Waals surface area contributed by atoms with Crippen LogP contribution in [0.2, 0.25) is 0 Å². The van der Waals surface area contributed by atoms with Crippen molar-refractivity contribution in [3.05, 3.63) is 78.1 Å². The van der Waals surface area contributed by atoms with E-state index < -0.39 is 6.10 Å². The number of benzene rings is 2. The third-order valence-electron chi connectivity index (χ3n) is 6.48. The van der Waals surface area contributed by atoms with Crippen LogP contribution in [-0.4, -0.2) is 57.9 Å². The Morgan fingerprint density at radius 1 is 1.11 bits per heavy atom. The van der Waals surface area contributed by atoms with Crippen molar-refractivity contribution in [1.82, 2.24) is 14.7 Å². The van der Waals surface area contributed by atoms with Crippen LogP contribution < -0.4 is 10.1 Å². The van der Waals surface area contributed by atoms with Crippen molar-refractivity contribution in [3.63, 3.8) is 0 Å². The SMILES string of the molecule is COc1ccccc1CC(=O)Nc1cnn(CC(=O)N2CCC([C@@H](O)Cc3ccccc3)CC2)c1. The zero-order valence-electron chi connectivity index (χ0n) is 20.0. The molecule has 0 spiro atoms. The van der Waals surface area contributed by atoms with Crippen molar-refractivity contribution in [2.75, 3.05) is 25.5 Å². The minimum absolute atomic E-state index is 0.0176. The lowest BCUT2D eigenvalue weighted by molar-refractivity contribution is -0.134. The summed E-state index contributed by atoms with van der Waals surface area (Å²) in [7, 11) is 1.58. The number of hydrogen-bond donors (Lipinski definition) is 2. The van der Waals surface area contributed by atoms with Gasteiger partial charge in [0.25, 0.3) is 0 Å². The van der Waals surface area contributed by atoms with Gasteiger partial charge in [0.1, 0.15) is 12.3 Å². The molecule has 2 amide bonds. The van der Waals surface area contributed by atoms with Crippen molar-refractivity contribution >= 4 is 17.5 Å². The van der Waals surface area contributed by atoms with E-state index in [0.717, 1.165) is 24.0 Å². The summed E-state index contributed by atoms with van der Waals surface area (Å²) in [5.74, 6) is 0.654. The van der Waals surface area contributed by atoms with Crippen LogP contribution in [0.15, 0.2) is 67.0 Å². The zero-order valence-corrected chi connectivity index (χ0v) is 20.0. The minimum atomic E-state index is -0.400. The lowest BCUT2D eigenvalue weighted by atomic mass is 9.88. The van der Waals surface area contributed by atoms with Gasteiger partial charge in [0, 0.05) is 24.8 Å². The molecular formula is C27H32N4O4. The summed E-state index contributed by atoms with van der Waals surface area (Å²) in [6, 6.07) is 17.4. The van der Waals surface area contributed by atoms with E-state index in [-0.39, 0.29) is 30.7 Å². The maximum atomic E-state index is 12.8. The lowest BCUT2D eigenvalue weighted by Crippen LogP contribution is -2.43. The summed E-state index contributed by atoms with van der Waals surface area (Å²) in [5, 5.41) is 17.7. The van der Waals surface area contributed by atoms with E-state index >= 15 is 0 Å². The fourth-order valence-electron chi connectivity index (χ4n) is 4.54. The number of aromatic nitrogens is 2. The molecule has 1 atom stereocenters. The van der Waals surface area contributed by atoms with E-state index in [2.05, 4.69) is 10.4 Å². The third kappa shape index (κ3) is 6.70. The van der Waals surface area contributed by atoms with Gasteiger partial charge in [-0.2, -0.15) is 5.10 Å². The van der Waals surface area contributed by atoms with E-state index in [9.17, 15) is 14.7 Å². The van der Waals surface area contributed by atoms with E-state index in [0.29, 0.717) is 30.9 Å². The molecule has 3 aromatic rings. The molecule has 1 fully saturated rings. The maximum absolute atomic E-state index is 12.8. The summed E-state index contributed by atoms with van der Waals surface area (Å²) in [4.78, 5) is 27.0. The van der Waals surface area contributed by atoms with Gasteiger partial charge in [-0.1, -0.05) is 48.5 Å². The number of nitrogens with one attached hydrogen (secondary N) is 1. The molecule has 1 saturated heterocycles. The first-order valence-corrected chi connectivity index (χ1v) is 12.0. The average Bonchev–Trinajstić information content (AvgIpc) is 3.31. The van der Waals surface area contributed by atoms with E-state index in [1.165, 1.54) is 4.68 Å².